The molecule has 1 saturated heterocycles. The molecule has 0 bridgehead atoms. The van der Waals surface area contributed by atoms with Crippen molar-refractivity contribution in [2.45, 2.75) is 155 Å². The normalized spacial score (nSPS) is 14.5. The van der Waals surface area contributed by atoms with Gasteiger partial charge in [-0.2, -0.15) is 0 Å². The van der Waals surface area contributed by atoms with Crippen molar-refractivity contribution in [1.82, 2.24) is 10.4 Å². The first-order valence-corrected chi connectivity index (χ1v) is 14.6. The Morgan fingerprint density at radius 2 is 1.37 bits per heavy atom. The number of ether oxygens (including phenoxy) is 1. The Morgan fingerprint density at radius 3 is 1.84 bits per heavy atom. The molecule has 1 rings (SSSR count). The Bertz CT molecular complexity index is 745. The van der Waals surface area contributed by atoms with E-state index < -0.39 is 35.4 Å². The number of unbranched alkanes of at least 4 members (excludes halogenated alkanes) is 12. The van der Waals surface area contributed by atoms with E-state index in [1.807, 2.05) is 0 Å². The van der Waals surface area contributed by atoms with Crippen LogP contribution in [0.2, 0.25) is 0 Å². The molecule has 1 fully saturated rings. The lowest BCUT2D eigenvalue weighted by Gasteiger charge is -2.24. The molecule has 0 aromatic carbocycles. The monoisotopic (exact) mass is 548 g/mol. The second-order valence-corrected chi connectivity index (χ2v) is 11.2. The number of nitrogens with zero attached hydrogens (tertiary/aromatic N) is 1. The maximum Gasteiger partial charge on any atom is 0.333 e. The number of hydroxylamine groups is 2. The van der Waals surface area contributed by atoms with Gasteiger partial charge in [0.05, 0.1) is 6.42 Å². The lowest BCUT2D eigenvalue weighted by molar-refractivity contribution is -0.197. The number of carbonyl (C=O) groups is 5. The van der Waals surface area contributed by atoms with E-state index in [1.54, 1.807) is 20.8 Å². The zero-order chi connectivity index (χ0) is 28.4. The highest BCUT2D eigenvalue weighted by Crippen LogP contribution is 2.16. The third-order valence-corrected chi connectivity index (χ3v) is 6.37. The van der Waals surface area contributed by atoms with E-state index in [2.05, 4.69) is 12.2 Å². The van der Waals surface area contributed by atoms with Crippen molar-refractivity contribution in [1.29, 1.82) is 0 Å². The minimum Gasteiger partial charge on any atom is -0.458 e. The maximum atomic E-state index is 12.6. The average molecular weight is 549 g/mol. The molecule has 0 spiro atoms. The first-order valence-electron chi connectivity index (χ1n) is 14.6. The van der Waals surface area contributed by atoms with Gasteiger partial charge in [0, 0.05) is 19.3 Å². The molecule has 38 heavy (non-hydrogen) atoms. The number of esters is 1. The molecule has 0 saturated carbocycles. The van der Waals surface area contributed by atoms with Crippen LogP contribution in [0.3, 0.4) is 0 Å². The van der Waals surface area contributed by atoms with Crippen molar-refractivity contribution < 1.29 is 33.5 Å². The van der Waals surface area contributed by atoms with Crippen molar-refractivity contribution >= 4 is 29.7 Å². The fraction of sp³-hybridized carbons (Fsp3) is 0.828. The highest BCUT2D eigenvalue weighted by molar-refractivity contribution is 6.01. The van der Waals surface area contributed by atoms with E-state index in [-0.39, 0.29) is 38.0 Å². The average Bonchev–Trinajstić information content (AvgIpc) is 3.15. The minimum atomic E-state index is -1.03. The summed E-state index contributed by atoms with van der Waals surface area (Å²) >= 11 is 0. The van der Waals surface area contributed by atoms with Crippen molar-refractivity contribution in [2.75, 3.05) is 0 Å². The smallest absolute Gasteiger partial charge is 0.333 e. The van der Waals surface area contributed by atoms with Crippen LogP contribution < -0.4 is 5.32 Å². The van der Waals surface area contributed by atoms with Crippen molar-refractivity contribution in [3.8, 4) is 0 Å². The SMILES string of the molecule is CCCCCCCCCCCCCCCC(=O)N[14CH]([14CH2][14CH2][14C](=O)ON1C(=O)CCC1=O)[14C](=O)OC(C)(C)C. The van der Waals surface area contributed by atoms with Crippen LogP contribution in [0.25, 0.3) is 0 Å². The van der Waals surface area contributed by atoms with E-state index >= 15 is 0 Å². The summed E-state index contributed by atoms with van der Waals surface area (Å²) in [6, 6.07) is -1.03. The Balaban J connectivity index is 2.31. The molecule has 0 aromatic rings. The Kier molecular flexibility index (Phi) is 16.6. The van der Waals surface area contributed by atoms with Gasteiger partial charge in [-0.15, -0.1) is 5.06 Å². The molecule has 1 heterocycles. The number of carbonyl (C=O) groups excluding carboxylic acids is 5. The molecule has 0 aromatic heterocycles. The van der Waals surface area contributed by atoms with Gasteiger partial charge in [-0.25, -0.2) is 9.59 Å². The van der Waals surface area contributed by atoms with Crippen LogP contribution in [0.15, 0.2) is 0 Å². The summed E-state index contributed by atoms with van der Waals surface area (Å²) in [6.45, 7) is 7.39. The minimum absolute atomic E-state index is 0.00188. The maximum absolute atomic E-state index is 12.6. The standard InChI is InChI=1S/C29H50N2O7/c1-5-6-7-8-9-10-11-12-13-14-15-16-17-18-24(32)30-23(28(36)37-29(2,3)4)19-22-27(35)38-31-25(33)20-21-26(31)34/h23H,5-22H2,1-4H3,(H,30,32)/i19+2,22+2,23+2,27+2,28+2. The predicted molar refractivity (Wildman–Crippen MR) is 145 cm³/mol. The number of hydrogen-bond acceptors (Lipinski definition) is 7. The zero-order valence-electron chi connectivity index (χ0n) is 24.1. The highest BCUT2D eigenvalue weighted by Gasteiger charge is 2.33. The summed E-state index contributed by atoms with van der Waals surface area (Å²) in [5.74, 6) is -2.89. The van der Waals surface area contributed by atoms with Crippen LogP contribution >= 0.6 is 0 Å². The fourth-order valence-electron chi connectivity index (χ4n) is 4.26. The summed E-state index contributed by atoms with van der Waals surface area (Å²) in [7, 11) is 0. The number of rotatable bonds is 20. The van der Waals surface area contributed by atoms with Crippen LogP contribution in [0.5, 0.6) is 0 Å². The van der Waals surface area contributed by atoms with E-state index in [0.717, 1.165) is 19.3 Å². The van der Waals surface area contributed by atoms with Gasteiger partial charge >= 0.3 is 11.9 Å². The Hall–Kier alpha value is -2.45. The van der Waals surface area contributed by atoms with Crippen LogP contribution in [0, 0.1) is 0 Å². The summed E-state index contributed by atoms with van der Waals surface area (Å²) < 4.78 is 5.40. The molecule has 1 aliphatic heterocycles. The van der Waals surface area contributed by atoms with Gasteiger partial charge in [-0.05, 0) is 33.6 Å². The van der Waals surface area contributed by atoms with Crippen molar-refractivity contribution in [2.24, 2.45) is 0 Å². The van der Waals surface area contributed by atoms with Crippen molar-refractivity contribution in [3.63, 3.8) is 0 Å². The fourth-order valence-corrected chi connectivity index (χ4v) is 4.26. The zero-order valence-corrected chi connectivity index (χ0v) is 24.1. The predicted octanol–water partition coefficient (Wildman–Crippen LogP) is 5.68. The van der Waals surface area contributed by atoms with Gasteiger partial charge in [0.1, 0.15) is 11.6 Å². The molecule has 1 atom stereocenters. The van der Waals surface area contributed by atoms with Crippen LogP contribution in [-0.2, 0) is 33.5 Å². The molecule has 1 N–H and O–H groups in total. The molecule has 9 nitrogen and oxygen atoms in total. The van der Waals surface area contributed by atoms with Crippen LogP contribution in [0.1, 0.15) is 143 Å². The molecule has 0 aliphatic carbocycles. The first-order chi connectivity index (χ1) is 18.0. The Morgan fingerprint density at radius 1 is 0.895 bits per heavy atom. The largest absolute Gasteiger partial charge is 0.458 e. The number of imide groups is 1. The quantitative estimate of drug-likeness (QED) is 0.118. The van der Waals surface area contributed by atoms with Gasteiger partial charge in [0.15, 0.2) is 0 Å². The second kappa shape index (κ2) is 18.7. The third-order valence-electron chi connectivity index (χ3n) is 6.37. The molecule has 218 valence electrons. The number of hydrogen-bond donors (Lipinski definition) is 1. The molecule has 9 heteroatoms. The van der Waals surface area contributed by atoms with Crippen LogP contribution in [0.4, 0.5) is 0 Å². The first kappa shape index (κ1) is 33.6. The molecular weight excluding hydrogens is 498 g/mol. The lowest BCUT2D eigenvalue weighted by atomic mass is 10.0. The van der Waals surface area contributed by atoms with E-state index in [1.165, 1.54) is 64.2 Å². The van der Waals surface area contributed by atoms with Crippen LogP contribution in [-0.4, -0.2) is 46.4 Å². The third kappa shape index (κ3) is 15.7. The Labute approximate surface area is 228 Å². The second-order valence-electron chi connectivity index (χ2n) is 11.2. The van der Waals surface area contributed by atoms with Gasteiger partial charge in [0.2, 0.25) is 5.91 Å². The summed E-state index contributed by atoms with van der Waals surface area (Å²) in [5, 5.41) is 3.15. The highest BCUT2D eigenvalue weighted by atomic mass is 16.9. The van der Waals surface area contributed by atoms with Gasteiger partial charge in [-0.3, -0.25) is 14.4 Å². The van der Waals surface area contributed by atoms with E-state index in [4.69, 9.17) is 9.57 Å². The topological polar surface area (TPSA) is 119 Å². The molecule has 1 aliphatic rings. The lowest BCUT2D eigenvalue weighted by Crippen LogP contribution is -2.44. The molecule has 3 amide bonds. The van der Waals surface area contributed by atoms with Gasteiger partial charge in [-0.1, -0.05) is 84.0 Å². The number of amides is 3. The van der Waals surface area contributed by atoms with Gasteiger partial charge in [0.25, 0.3) is 11.8 Å². The van der Waals surface area contributed by atoms with E-state index in [9.17, 15) is 24.0 Å². The summed E-state index contributed by atoms with van der Waals surface area (Å²) in [6.07, 6.45) is 15.7. The van der Waals surface area contributed by atoms with Crippen molar-refractivity contribution in [3.05, 3.63) is 0 Å². The van der Waals surface area contributed by atoms with Gasteiger partial charge < -0.3 is 14.9 Å². The number of nitrogens with one attached hydrogen (secondary N) is 1. The molecule has 1 unspecified atom stereocenters. The summed E-state index contributed by atoms with van der Waals surface area (Å²) in [5.41, 5.74) is -0.760. The summed E-state index contributed by atoms with van der Waals surface area (Å²) in [4.78, 5) is 65.4. The molecular formula is C29H50N2O7. The molecule has 0 radical (unpaired) electrons. The van der Waals surface area contributed by atoms with E-state index in [0.29, 0.717) is 5.06 Å².